The van der Waals surface area contributed by atoms with Crippen molar-refractivity contribution in [3.8, 4) is 28.0 Å². The van der Waals surface area contributed by atoms with Crippen LogP contribution in [0.15, 0.2) is 67.0 Å². The summed E-state index contributed by atoms with van der Waals surface area (Å²) >= 11 is 0. The second-order valence-corrected chi connectivity index (χ2v) is 7.28. The molecule has 0 saturated heterocycles. The van der Waals surface area contributed by atoms with Crippen LogP contribution in [0.5, 0.6) is 5.75 Å². The van der Waals surface area contributed by atoms with Gasteiger partial charge in [0.05, 0.1) is 7.11 Å². The molecule has 5 nitrogen and oxygen atoms in total. The molecule has 0 fully saturated rings. The summed E-state index contributed by atoms with van der Waals surface area (Å²) in [6.45, 7) is 4.06. The molecule has 4 rings (SSSR count). The first-order chi connectivity index (χ1) is 14.1. The highest BCUT2D eigenvalue weighted by Gasteiger charge is 2.13. The molecule has 0 atom stereocenters. The molecule has 2 aromatic carbocycles. The number of hydrogen-bond acceptors (Lipinski definition) is 3. The quantitative estimate of drug-likeness (QED) is 0.326. The Bertz CT molecular complexity index is 1180. The minimum absolute atomic E-state index is 0.215. The standard InChI is InChI=1S/C24H24N4O/c1-15(2)28-23(25)17-8-6-7-16(11-17)18-12-20-21(14-27-24(20)26-13-18)19-9-4-5-10-22(19)29-3/h4-15H,1-3H3,(H2,25,28)(H,26,27). The van der Waals surface area contributed by atoms with Gasteiger partial charge in [-0.2, -0.15) is 0 Å². The number of ether oxygens (including phenoxy) is 1. The van der Waals surface area contributed by atoms with Crippen molar-refractivity contribution in [2.24, 2.45) is 0 Å². The summed E-state index contributed by atoms with van der Waals surface area (Å²) in [5, 5.41) is 12.5. The van der Waals surface area contributed by atoms with E-state index in [4.69, 9.17) is 10.1 Å². The molecule has 5 heteroatoms. The zero-order chi connectivity index (χ0) is 20.4. The number of nitrogens with zero attached hydrogens (tertiary/aromatic N) is 1. The van der Waals surface area contributed by atoms with Gasteiger partial charge in [-0.15, -0.1) is 0 Å². The number of nitrogens with one attached hydrogen (secondary N) is 3. The second-order valence-electron chi connectivity index (χ2n) is 7.28. The van der Waals surface area contributed by atoms with Gasteiger partial charge in [0.25, 0.3) is 0 Å². The molecular weight excluding hydrogens is 360 g/mol. The Morgan fingerprint density at radius 3 is 2.66 bits per heavy atom. The first kappa shape index (κ1) is 18.7. The molecule has 0 aliphatic rings. The van der Waals surface area contributed by atoms with Gasteiger partial charge in [0, 0.05) is 46.1 Å². The fourth-order valence-electron chi connectivity index (χ4n) is 3.48. The number of benzene rings is 2. The first-order valence-corrected chi connectivity index (χ1v) is 9.63. The molecule has 0 saturated carbocycles. The van der Waals surface area contributed by atoms with Crippen molar-refractivity contribution in [2.75, 3.05) is 7.11 Å². The van der Waals surface area contributed by atoms with Crippen molar-refractivity contribution in [1.82, 2.24) is 15.3 Å². The lowest BCUT2D eigenvalue weighted by molar-refractivity contribution is 0.416. The Balaban J connectivity index is 1.78. The molecule has 0 unspecified atom stereocenters. The van der Waals surface area contributed by atoms with Crippen LogP contribution in [0, 0.1) is 5.41 Å². The number of aromatic nitrogens is 2. The number of H-pyrrole nitrogens is 1. The summed E-state index contributed by atoms with van der Waals surface area (Å²) in [5.74, 6) is 1.25. The van der Waals surface area contributed by atoms with Crippen molar-refractivity contribution >= 4 is 16.9 Å². The zero-order valence-electron chi connectivity index (χ0n) is 16.8. The summed E-state index contributed by atoms with van der Waals surface area (Å²) in [4.78, 5) is 7.87. The maximum absolute atomic E-state index is 8.27. The number of fused-ring (bicyclic) bond motifs is 1. The highest BCUT2D eigenvalue weighted by atomic mass is 16.5. The van der Waals surface area contributed by atoms with E-state index in [2.05, 4.69) is 21.4 Å². The summed E-state index contributed by atoms with van der Waals surface area (Å²) in [7, 11) is 1.68. The van der Waals surface area contributed by atoms with Crippen molar-refractivity contribution in [3.63, 3.8) is 0 Å². The van der Waals surface area contributed by atoms with Gasteiger partial charge in [0.15, 0.2) is 0 Å². The minimum atomic E-state index is 0.215. The van der Waals surface area contributed by atoms with E-state index in [0.29, 0.717) is 5.84 Å². The van der Waals surface area contributed by atoms with Gasteiger partial charge < -0.3 is 15.0 Å². The van der Waals surface area contributed by atoms with Gasteiger partial charge in [-0.05, 0) is 37.6 Å². The lowest BCUT2D eigenvalue weighted by Crippen LogP contribution is -2.30. The number of amidine groups is 1. The summed E-state index contributed by atoms with van der Waals surface area (Å²) in [6, 6.07) is 18.3. The molecule has 0 amide bonds. The molecule has 0 aliphatic carbocycles. The van der Waals surface area contributed by atoms with Crippen LogP contribution in [0.3, 0.4) is 0 Å². The molecule has 0 spiro atoms. The maximum Gasteiger partial charge on any atom is 0.137 e. The summed E-state index contributed by atoms with van der Waals surface area (Å²) in [6.07, 6.45) is 3.83. The molecule has 146 valence electrons. The van der Waals surface area contributed by atoms with Crippen molar-refractivity contribution in [3.05, 3.63) is 72.6 Å². The van der Waals surface area contributed by atoms with E-state index in [1.165, 1.54) is 0 Å². The van der Waals surface area contributed by atoms with Crippen molar-refractivity contribution in [1.29, 1.82) is 5.41 Å². The van der Waals surface area contributed by atoms with E-state index in [9.17, 15) is 0 Å². The molecule has 2 aromatic heterocycles. The number of pyridine rings is 1. The Morgan fingerprint density at radius 1 is 1.03 bits per heavy atom. The average Bonchev–Trinajstić information content (AvgIpc) is 3.16. The van der Waals surface area contributed by atoms with E-state index < -0.39 is 0 Å². The molecule has 0 bridgehead atoms. The number of para-hydroxylation sites is 1. The zero-order valence-corrected chi connectivity index (χ0v) is 16.8. The monoisotopic (exact) mass is 384 g/mol. The van der Waals surface area contributed by atoms with E-state index in [1.54, 1.807) is 7.11 Å². The topological polar surface area (TPSA) is 73.8 Å². The smallest absolute Gasteiger partial charge is 0.137 e. The number of hydrogen-bond donors (Lipinski definition) is 3. The lowest BCUT2D eigenvalue weighted by atomic mass is 10.0. The fourth-order valence-corrected chi connectivity index (χ4v) is 3.48. The van der Waals surface area contributed by atoms with E-state index in [1.807, 2.05) is 74.8 Å². The SMILES string of the molecule is COc1ccccc1-c1c[nH]c2ncc(-c3cccc(C(=N)NC(C)C)c3)cc12. The predicted octanol–water partition coefficient (Wildman–Crippen LogP) is 5.23. The van der Waals surface area contributed by atoms with Gasteiger partial charge in [-0.3, -0.25) is 5.41 Å². The van der Waals surface area contributed by atoms with Crippen LogP contribution in [-0.2, 0) is 0 Å². The van der Waals surface area contributed by atoms with Gasteiger partial charge >= 0.3 is 0 Å². The van der Waals surface area contributed by atoms with Crippen molar-refractivity contribution < 1.29 is 4.74 Å². The highest BCUT2D eigenvalue weighted by molar-refractivity contribution is 5.99. The first-order valence-electron chi connectivity index (χ1n) is 9.63. The lowest BCUT2D eigenvalue weighted by Gasteiger charge is -2.12. The van der Waals surface area contributed by atoms with Gasteiger partial charge in [-0.25, -0.2) is 4.98 Å². The average molecular weight is 384 g/mol. The van der Waals surface area contributed by atoms with Crippen LogP contribution >= 0.6 is 0 Å². The third-order valence-electron chi connectivity index (χ3n) is 4.85. The van der Waals surface area contributed by atoms with E-state index in [0.717, 1.165) is 44.6 Å². The normalized spacial score (nSPS) is 11.0. The Morgan fingerprint density at radius 2 is 1.86 bits per heavy atom. The molecular formula is C24H24N4O. The summed E-state index contributed by atoms with van der Waals surface area (Å²) in [5.41, 5.74) is 5.80. The Hall–Kier alpha value is -3.60. The third-order valence-corrected chi connectivity index (χ3v) is 4.85. The second kappa shape index (κ2) is 7.80. The minimum Gasteiger partial charge on any atom is -0.496 e. The highest BCUT2D eigenvalue weighted by Crippen LogP contribution is 2.36. The van der Waals surface area contributed by atoms with Crippen molar-refractivity contribution in [2.45, 2.75) is 19.9 Å². The van der Waals surface area contributed by atoms with Gasteiger partial charge in [0.1, 0.15) is 17.2 Å². The van der Waals surface area contributed by atoms with Crippen LogP contribution < -0.4 is 10.1 Å². The molecule has 3 N–H and O–H groups in total. The van der Waals surface area contributed by atoms with E-state index in [-0.39, 0.29) is 6.04 Å². The molecule has 2 heterocycles. The van der Waals surface area contributed by atoms with E-state index >= 15 is 0 Å². The van der Waals surface area contributed by atoms with Crippen LogP contribution in [0.1, 0.15) is 19.4 Å². The fraction of sp³-hybridized carbons (Fsp3) is 0.167. The molecule has 0 radical (unpaired) electrons. The number of rotatable bonds is 5. The van der Waals surface area contributed by atoms with Gasteiger partial charge in [0.2, 0.25) is 0 Å². The Labute approximate surface area is 170 Å². The molecule has 29 heavy (non-hydrogen) atoms. The maximum atomic E-state index is 8.27. The predicted molar refractivity (Wildman–Crippen MR) is 119 cm³/mol. The number of methoxy groups -OCH3 is 1. The third kappa shape index (κ3) is 3.72. The van der Waals surface area contributed by atoms with Crippen LogP contribution in [0.4, 0.5) is 0 Å². The molecule has 4 aromatic rings. The van der Waals surface area contributed by atoms with Crippen LogP contribution in [-0.4, -0.2) is 29.0 Å². The Kier molecular flexibility index (Phi) is 5.04. The molecule has 0 aliphatic heterocycles. The summed E-state index contributed by atoms with van der Waals surface area (Å²) < 4.78 is 5.54. The van der Waals surface area contributed by atoms with Gasteiger partial charge in [-0.1, -0.05) is 36.4 Å². The largest absolute Gasteiger partial charge is 0.496 e. The number of aromatic amines is 1. The van der Waals surface area contributed by atoms with Crippen LogP contribution in [0.25, 0.3) is 33.3 Å². The van der Waals surface area contributed by atoms with Crippen LogP contribution in [0.2, 0.25) is 0 Å².